The van der Waals surface area contributed by atoms with Crippen LogP contribution in [0.5, 0.6) is 0 Å². The largest absolute Gasteiger partial charge is 0.356 e. The van der Waals surface area contributed by atoms with Crippen molar-refractivity contribution >= 4 is 23.0 Å². The highest BCUT2D eigenvalue weighted by molar-refractivity contribution is 7.80. The molecule has 0 fully saturated rings. The van der Waals surface area contributed by atoms with Crippen LogP contribution in [0, 0.1) is 0 Å². The number of hydrogen-bond donors (Lipinski definition) is 3. The van der Waals surface area contributed by atoms with Crippen LogP contribution in [-0.4, -0.2) is 15.3 Å². The van der Waals surface area contributed by atoms with E-state index in [0.29, 0.717) is 5.11 Å². The number of nitrogens with one attached hydrogen (secondary N) is 3. The highest BCUT2D eigenvalue weighted by Gasteiger charge is 2.07. The molecule has 0 aliphatic rings. The van der Waals surface area contributed by atoms with Crippen molar-refractivity contribution in [3.63, 3.8) is 0 Å². The third-order valence-electron chi connectivity index (χ3n) is 2.40. The van der Waals surface area contributed by atoms with Crippen molar-refractivity contribution in [1.29, 1.82) is 0 Å². The molecule has 0 saturated heterocycles. The van der Waals surface area contributed by atoms with Gasteiger partial charge < -0.3 is 10.6 Å². The van der Waals surface area contributed by atoms with E-state index in [1.54, 1.807) is 6.20 Å². The van der Waals surface area contributed by atoms with Crippen LogP contribution in [0.15, 0.2) is 42.7 Å². The number of aromatic amines is 1. The molecule has 0 spiro atoms. The molecule has 1 aromatic carbocycles. The summed E-state index contributed by atoms with van der Waals surface area (Å²) in [4.78, 5) is 0. The highest BCUT2D eigenvalue weighted by atomic mass is 32.1. The number of hydrogen-bond acceptors (Lipinski definition) is 2. The Hall–Kier alpha value is -1.88. The minimum absolute atomic E-state index is 0.123. The monoisotopic (exact) mass is 246 g/mol. The first-order valence-corrected chi connectivity index (χ1v) is 5.78. The lowest BCUT2D eigenvalue weighted by Crippen LogP contribution is -2.30. The van der Waals surface area contributed by atoms with Crippen LogP contribution < -0.4 is 10.6 Å². The average molecular weight is 246 g/mol. The van der Waals surface area contributed by atoms with Gasteiger partial charge in [-0.05, 0) is 31.3 Å². The number of rotatable bonds is 3. The second-order valence-corrected chi connectivity index (χ2v) is 4.13. The van der Waals surface area contributed by atoms with E-state index in [1.807, 2.05) is 43.5 Å². The summed E-state index contributed by atoms with van der Waals surface area (Å²) in [6.07, 6.45) is 3.63. The predicted molar refractivity (Wildman–Crippen MR) is 72.8 cm³/mol. The van der Waals surface area contributed by atoms with Crippen molar-refractivity contribution < 1.29 is 0 Å². The minimum atomic E-state index is 0.123. The van der Waals surface area contributed by atoms with Crippen molar-refractivity contribution in [3.05, 3.63) is 48.3 Å². The Bertz CT molecular complexity index is 467. The molecule has 2 rings (SSSR count). The van der Waals surface area contributed by atoms with Crippen molar-refractivity contribution in [2.75, 3.05) is 5.32 Å². The fourth-order valence-electron chi connectivity index (χ4n) is 1.47. The Balaban J connectivity index is 1.90. The summed E-state index contributed by atoms with van der Waals surface area (Å²) in [5.41, 5.74) is 2.05. The number of para-hydroxylation sites is 1. The number of thiocarbonyl (C=S) groups is 1. The van der Waals surface area contributed by atoms with E-state index in [2.05, 4.69) is 20.8 Å². The van der Waals surface area contributed by atoms with Gasteiger partial charge in [0.25, 0.3) is 0 Å². The molecular weight excluding hydrogens is 232 g/mol. The molecule has 0 amide bonds. The van der Waals surface area contributed by atoms with E-state index < -0.39 is 0 Å². The summed E-state index contributed by atoms with van der Waals surface area (Å²) in [5, 5.41) is 13.6. The SMILES string of the molecule is CC(NC(=S)Nc1ccccc1)c1cn[nH]c1. The normalized spacial score (nSPS) is 11.8. The standard InChI is InChI=1S/C12H14N4S/c1-9(10-7-13-14-8-10)15-12(17)16-11-5-3-2-4-6-11/h2-9H,1H3,(H,13,14)(H2,15,16,17). The van der Waals surface area contributed by atoms with Gasteiger partial charge in [-0.1, -0.05) is 18.2 Å². The number of H-pyrrole nitrogens is 1. The van der Waals surface area contributed by atoms with Crippen LogP contribution in [0.4, 0.5) is 5.69 Å². The zero-order valence-electron chi connectivity index (χ0n) is 9.47. The van der Waals surface area contributed by atoms with Crippen molar-refractivity contribution in [2.45, 2.75) is 13.0 Å². The number of aromatic nitrogens is 2. The third-order valence-corrected chi connectivity index (χ3v) is 2.62. The molecule has 0 aliphatic carbocycles. The van der Waals surface area contributed by atoms with E-state index in [1.165, 1.54) is 0 Å². The van der Waals surface area contributed by atoms with E-state index in [9.17, 15) is 0 Å². The van der Waals surface area contributed by atoms with Crippen LogP contribution >= 0.6 is 12.2 Å². The quantitative estimate of drug-likeness (QED) is 0.728. The summed E-state index contributed by atoms with van der Waals surface area (Å²) in [6.45, 7) is 2.03. The third kappa shape index (κ3) is 3.29. The molecule has 1 unspecified atom stereocenters. The van der Waals surface area contributed by atoms with Crippen LogP contribution in [0.3, 0.4) is 0 Å². The summed E-state index contributed by atoms with van der Waals surface area (Å²) in [6, 6.07) is 9.95. The molecule has 17 heavy (non-hydrogen) atoms. The molecule has 5 heteroatoms. The van der Waals surface area contributed by atoms with Crippen LogP contribution in [0.1, 0.15) is 18.5 Å². The molecule has 3 N–H and O–H groups in total. The van der Waals surface area contributed by atoms with Crippen LogP contribution in [0.2, 0.25) is 0 Å². The second kappa shape index (κ2) is 5.45. The zero-order valence-corrected chi connectivity index (χ0v) is 10.3. The van der Waals surface area contributed by atoms with Crippen LogP contribution in [-0.2, 0) is 0 Å². The van der Waals surface area contributed by atoms with Crippen LogP contribution in [0.25, 0.3) is 0 Å². The first-order valence-electron chi connectivity index (χ1n) is 5.37. The molecule has 1 atom stereocenters. The van der Waals surface area contributed by atoms with Gasteiger partial charge in [0.1, 0.15) is 0 Å². The molecule has 0 bridgehead atoms. The minimum Gasteiger partial charge on any atom is -0.356 e. The van der Waals surface area contributed by atoms with Gasteiger partial charge in [0, 0.05) is 17.4 Å². The topological polar surface area (TPSA) is 52.7 Å². The molecule has 88 valence electrons. The molecule has 1 aromatic heterocycles. The molecule has 1 heterocycles. The average Bonchev–Trinajstić information content (AvgIpc) is 2.83. The Morgan fingerprint density at radius 1 is 1.35 bits per heavy atom. The van der Waals surface area contributed by atoms with Gasteiger partial charge in [-0.2, -0.15) is 5.10 Å². The smallest absolute Gasteiger partial charge is 0.171 e. The Morgan fingerprint density at radius 2 is 2.12 bits per heavy atom. The van der Waals surface area contributed by atoms with E-state index >= 15 is 0 Å². The Labute approximate surface area is 105 Å². The molecule has 2 aromatic rings. The molecular formula is C12H14N4S. The van der Waals surface area contributed by atoms with Gasteiger partial charge in [-0.25, -0.2) is 0 Å². The molecule has 4 nitrogen and oxygen atoms in total. The fourth-order valence-corrected chi connectivity index (χ4v) is 1.76. The lowest BCUT2D eigenvalue weighted by molar-refractivity contribution is 0.723. The van der Waals surface area contributed by atoms with E-state index in [0.717, 1.165) is 11.3 Å². The summed E-state index contributed by atoms with van der Waals surface area (Å²) < 4.78 is 0. The summed E-state index contributed by atoms with van der Waals surface area (Å²) >= 11 is 5.23. The lowest BCUT2D eigenvalue weighted by atomic mass is 10.2. The lowest BCUT2D eigenvalue weighted by Gasteiger charge is -2.15. The maximum Gasteiger partial charge on any atom is 0.171 e. The molecule has 0 aliphatic heterocycles. The Kier molecular flexibility index (Phi) is 3.72. The van der Waals surface area contributed by atoms with Gasteiger partial charge in [-0.15, -0.1) is 0 Å². The van der Waals surface area contributed by atoms with E-state index in [4.69, 9.17) is 12.2 Å². The van der Waals surface area contributed by atoms with Gasteiger partial charge in [-0.3, -0.25) is 5.10 Å². The number of benzene rings is 1. The highest BCUT2D eigenvalue weighted by Crippen LogP contribution is 2.10. The number of anilines is 1. The van der Waals surface area contributed by atoms with E-state index in [-0.39, 0.29) is 6.04 Å². The predicted octanol–water partition coefficient (Wildman–Crippen LogP) is 2.46. The summed E-state index contributed by atoms with van der Waals surface area (Å²) in [7, 11) is 0. The first kappa shape index (κ1) is 11.6. The maximum absolute atomic E-state index is 5.23. The van der Waals surface area contributed by atoms with Crippen molar-refractivity contribution in [2.24, 2.45) is 0 Å². The van der Waals surface area contributed by atoms with Crippen molar-refractivity contribution in [1.82, 2.24) is 15.5 Å². The maximum atomic E-state index is 5.23. The second-order valence-electron chi connectivity index (χ2n) is 3.72. The van der Waals surface area contributed by atoms with Gasteiger partial charge in [0.15, 0.2) is 5.11 Å². The summed E-state index contributed by atoms with van der Waals surface area (Å²) in [5.74, 6) is 0. The van der Waals surface area contributed by atoms with Gasteiger partial charge in [0.2, 0.25) is 0 Å². The van der Waals surface area contributed by atoms with Gasteiger partial charge in [0.05, 0.1) is 12.2 Å². The molecule has 0 saturated carbocycles. The fraction of sp³-hybridized carbons (Fsp3) is 0.167. The first-order chi connectivity index (χ1) is 8.25. The zero-order chi connectivity index (χ0) is 12.1. The molecule has 0 radical (unpaired) electrons. The number of nitrogens with zero attached hydrogens (tertiary/aromatic N) is 1. The van der Waals surface area contributed by atoms with Crippen molar-refractivity contribution in [3.8, 4) is 0 Å². The van der Waals surface area contributed by atoms with Gasteiger partial charge >= 0.3 is 0 Å². The Morgan fingerprint density at radius 3 is 2.76 bits per heavy atom.